The van der Waals surface area contributed by atoms with E-state index >= 15 is 0 Å². The van der Waals surface area contributed by atoms with E-state index in [1.165, 1.54) is 24.6 Å². The molecule has 0 saturated carbocycles. The number of Topliss-reactive ketones (excluding diaryl/α,β-unsaturated/α-hetero) is 1. The number of amides is 2. The van der Waals surface area contributed by atoms with Crippen LogP contribution in [0.4, 0.5) is 15.0 Å². The number of carbonyl (C=O) groups excluding carboxylic acids is 3. The van der Waals surface area contributed by atoms with Gasteiger partial charge in [-0.2, -0.15) is 0 Å². The maximum atomic E-state index is 12.8. The second-order valence-electron chi connectivity index (χ2n) is 9.51. The van der Waals surface area contributed by atoms with Crippen molar-refractivity contribution in [2.75, 3.05) is 45.2 Å². The Hall–Kier alpha value is -3.76. The van der Waals surface area contributed by atoms with Crippen LogP contribution in [0.25, 0.3) is 10.8 Å². The van der Waals surface area contributed by atoms with Gasteiger partial charge in [0.05, 0.1) is 5.41 Å². The Labute approximate surface area is 245 Å². The van der Waals surface area contributed by atoms with E-state index in [2.05, 4.69) is 22.5 Å². The van der Waals surface area contributed by atoms with Gasteiger partial charge in [-0.25, -0.2) is 14.2 Å². The lowest BCUT2D eigenvalue weighted by atomic mass is 9.76. The fourth-order valence-electron chi connectivity index (χ4n) is 4.25. The number of likely N-dealkylation sites (tertiary alicyclic amines) is 1. The number of hydrogen-bond donors (Lipinski definition) is 3. The molecule has 1 aliphatic rings. The number of nitrogens with two attached hydrogens (primary N) is 1. The van der Waals surface area contributed by atoms with E-state index in [1.807, 2.05) is 30.3 Å². The van der Waals surface area contributed by atoms with Gasteiger partial charge in [0.25, 0.3) is 6.47 Å². The van der Waals surface area contributed by atoms with Crippen molar-refractivity contribution < 1.29 is 23.5 Å². The second-order valence-corrected chi connectivity index (χ2v) is 9.91. The molecule has 1 aromatic heterocycles. The predicted octanol–water partition coefficient (Wildman–Crippen LogP) is 4.82. The van der Waals surface area contributed by atoms with E-state index in [9.17, 15) is 18.8 Å². The fraction of sp³-hybridized carbons (Fsp3) is 0.400. The maximum Gasteiger partial charge on any atom is 0.317 e. The number of nitrogens with zero attached hydrogens (tertiary/aromatic N) is 2. The number of piperidine rings is 1. The summed E-state index contributed by atoms with van der Waals surface area (Å²) in [5.74, 6) is 0.523. The van der Waals surface area contributed by atoms with Gasteiger partial charge >= 0.3 is 6.03 Å². The lowest BCUT2D eigenvalue weighted by Crippen LogP contribution is -2.51. The van der Waals surface area contributed by atoms with Crippen LogP contribution in [-0.4, -0.2) is 68.0 Å². The fourth-order valence-corrected chi connectivity index (χ4v) is 4.52. The Morgan fingerprint density at radius 3 is 2.44 bits per heavy atom. The van der Waals surface area contributed by atoms with Crippen molar-refractivity contribution in [3.8, 4) is 0 Å². The zero-order chi connectivity index (χ0) is 30.3. The smallest absolute Gasteiger partial charge is 0.317 e. The number of benzene rings is 2. The maximum absolute atomic E-state index is 12.8. The van der Waals surface area contributed by atoms with E-state index in [4.69, 9.17) is 22.1 Å². The van der Waals surface area contributed by atoms with Gasteiger partial charge in [-0.3, -0.25) is 9.59 Å². The van der Waals surface area contributed by atoms with E-state index in [1.54, 1.807) is 24.2 Å². The summed E-state index contributed by atoms with van der Waals surface area (Å²) in [5.41, 5.74) is 5.89. The standard InChI is InChI=1S/C12H21N3O4.C10H9FN2.C8H9Cl/c1-10(17)12(8-19-9-16)2-6-15(7-3-12)11(18)14-5-4-13;1-12-10-5-8-4-9(11)3-2-7(8)6-13-10;1-2-7-5-3-4-6-8(7)9/h9H,2-8,13H2,1H3,(H,14,18);2-6H,1H3,(H,12,13);3-6H,2H2,1H3. The van der Waals surface area contributed by atoms with Crippen molar-refractivity contribution in [2.45, 2.75) is 33.1 Å². The molecule has 0 radical (unpaired) electrons. The number of pyridine rings is 1. The van der Waals surface area contributed by atoms with Crippen molar-refractivity contribution in [1.82, 2.24) is 15.2 Å². The van der Waals surface area contributed by atoms with Gasteiger partial charge in [0, 0.05) is 49.8 Å². The Balaban J connectivity index is 0.000000230. The molecule has 0 spiro atoms. The van der Waals surface area contributed by atoms with Crippen molar-refractivity contribution in [2.24, 2.45) is 11.1 Å². The van der Waals surface area contributed by atoms with Crippen LogP contribution in [0, 0.1) is 11.2 Å². The number of ether oxygens (including phenoxy) is 1. The van der Waals surface area contributed by atoms with E-state index in [0.29, 0.717) is 45.5 Å². The van der Waals surface area contributed by atoms with Gasteiger partial charge in [-0.05, 0) is 67.5 Å². The van der Waals surface area contributed by atoms with Crippen LogP contribution >= 0.6 is 11.6 Å². The number of ketones is 1. The Kier molecular flexibility index (Phi) is 14.0. The highest BCUT2D eigenvalue weighted by atomic mass is 35.5. The molecule has 1 aliphatic heterocycles. The summed E-state index contributed by atoms with van der Waals surface area (Å²) in [6.07, 6.45) is 3.75. The first kappa shape index (κ1) is 33.4. The number of aryl methyl sites for hydroxylation is 1. The minimum absolute atomic E-state index is 0.00336. The molecule has 4 rings (SSSR count). The van der Waals surface area contributed by atoms with Crippen molar-refractivity contribution in [1.29, 1.82) is 0 Å². The third-order valence-electron chi connectivity index (χ3n) is 6.88. The molecule has 9 nitrogen and oxygen atoms in total. The predicted molar refractivity (Wildman–Crippen MR) is 160 cm³/mol. The summed E-state index contributed by atoms with van der Waals surface area (Å²) in [4.78, 5) is 39.5. The van der Waals surface area contributed by atoms with Crippen molar-refractivity contribution >= 4 is 46.5 Å². The van der Waals surface area contributed by atoms with Gasteiger partial charge in [0.15, 0.2) is 0 Å². The molecule has 2 heterocycles. The highest BCUT2D eigenvalue weighted by molar-refractivity contribution is 6.31. The number of carbonyl (C=O) groups is 3. The minimum atomic E-state index is -0.647. The van der Waals surface area contributed by atoms with Gasteiger partial charge < -0.3 is 26.0 Å². The summed E-state index contributed by atoms with van der Waals surface area (Å²) in [6, 6.07) is 14.2. The molecular formula is C30H39ClFN5O4. The normalized spacial score (nSPS) is 13.6. The van der Waals surface area contributed by atoms with Crippen molar-refractivity contribution in [3.63, 3.8) is 0 Å². The number of aromatic nitrogens is 1. The lowest BCUT2D eigenvalue weighted by molar-refractivity contribution is -0.141. The molecule has 0 bridgehead atoms. The number of fused-ring (bicyclic) bond motifs is 1. The highest BCUT2D eigenvalue weighted by Gasteiger charge is 2.40. The number of halogens is 2. The molecule has 0 atom stereocenters. The summed E-state index contributed by atoms with van der Waals surface area (Å²) < 4.78 is 17.6. The number of nitrogens with one attached hydrogen (secondary N) is 2. The number of hydrogen-bond acceptors (Lipinski definition) is 7. The van der Waals surface area contributed by atoms with Gasteiger partial charge in [0.1, 0.15) is 24.0 Å². The average Bonchev–Trinajstić information content (AvgIpc) is 2.99. The molecule has 4 N–H and O–H groups in total. The molecule has 0 unspecified atom stereocenters. The minimum Gasteiger partial charge on any atom is -0.467 e. The van der Waals surface area contributed by atoms with Crippen LogP contribution < -0.4 is 16.4 Å². The molecule has 1 fully saturated rings. The monoisotopic (exact) mass is 587 g/mol. The highest BCUT2D eigenvalue weighted by Crippen LogP contribution is 2.32. The Morgan fingerprint density at radius 1 is 1.17 bits per heavy atom. The Morgan fingerprint density at radius 2 is 1.88 bits per heavy atom. The molecule has 222 valence electrons. The quantitative estimate of drug-likeness (QED) is 0.323. The van der Waals surface area contributed by atoms with Crippen LogP contribution in [0.5, 0.6) is 0 Å². The second kappa shape index (κ2) is 17.1. The zero-order valence-corrected chi connectivity index (χ0v) is 24.5. The lowest BCUT2D eigenvalue weighted by Gasteiger charge is -2.39. The first-order valence-electron chi connectivity index (χ1n) is 13.4. The topological polar surface area (TPSA) is 127 Å². The molecule has 2 aromatic carbocycles. The molecule has 1 saturated heterocycles. The van der Waals surface area contributed by atoms with Crippen LogP contribution in [0.3, 0.4) is 0 Å². The van der Waals surface area contributed by atoms with E-state index in [-0.39, 0.29) is 24.2 Å². The zero-order valence-electron chi connectivity index (χ0n) is 23.8. The largest absolute Gasteiger partial charge is 0.467 e. The first-order chi connectivity index (χ1) is 19.7. The third-order valence-corrected chi connectivity index (χ3v) is 7.25. The van der Waals surface area contributed by atoms with E-state index in [0.717, 1.165) is 28.0 Å². The molecule has 11 heteroatoms. The first-order valence-corrected chi connectivity index (χ1v) is 13.8. The third kappa shape index (κ3) is 10.3. The van der Waals surface area contributed by atoms with E-state index < -0.39 is 5.41 Å². The summed E-state index contributed by atoms with van der Waals surface area (Å²) in [5, 5.41) is 8.28. The number of anilines is 1. The summed E-state index contributed by atoms with van der Waals surface area (Å²) >= 11 is 5.82. The van der Waals surface area contributed by atoms with Gasteiger partial charge in [-0.1, -0.05) is 36.7 Å². The molecule has 41 heavy (non-hydrogen) atoms. The number of urea groups is 1. The number of rotatable bonds is 8. The molecule has 0 aliphatic carbocycles. The average molecular weight is 588 g/mol. The SMILES string of the molecule is CC(=O)C1(COC=O)CCN(C(=O)NCCN)CC1.CCc1ccccc1Cl.CNc1cc2cc(F)ccc2cn1. The van der Waals surface area contributed by atoms with Gasteiger partial charge in [0.2, 0.25) is 0 Å². The molecule has 2 amide bonds. The summed E-state index contributed by atoms with van der Waals surface area (Å²) in [7, 11) is 1.79. The molecule has 3 aromatic rings. The van der Waals surface area contributed by atoms with Crippen LogP contribution in [-0.2, 0) is 20.7 Å². The van der Waals surface area contributed by atoms with Crippen LogP contribution in [0.15, 0.2) is 54.7 Å². The van der Waals surface area contributed by atoms with Crippen LogP contribution in [0.2, 0.25) is 5.02 Å². The van der Waals surface area contributed by atoms with Crippen molar-refractivity contribution in [3.05, 3.63) is 71.1 Å². The van der Waals surface area contributed by atoms with Gasteiger partial charge in [-0.15, -0.1) is 0 Å². The summed E-state index contributed by atoms with van der Waals surface area (Å²) in [6.45, 7) is 5.80. The Bertz CT molecular complexity index is 1280. The molecular weight excluding hydrogens is 549 g/mol. The van der Waals surface area contributed by atoms with Crippen LogP contribution in [0.1, 0.15) is 32.3 Å².